The Labute approximate surface area is 103 Å². The van der Waals surface area contributed by atoms with E-state index >= 15 is 0 Å². The van der Waals surface area contributed by atoms with Crippen LogP contribution in [0.25, 0.3) is 0 Å². The zero-order valence-corrected chi connectivity index (χ0v) is 10.7. The molecule has 0 aromatic heterocycles. The van der Waals surface area contributed by atoms with Gasteiger partial charge in [0.2, 0.25) is 5.91 Å². The highest BCUT2D eigenvalue weighted by molar-refractivity contribution is 9.10. The van der Waals surface area contributed by atoms with Crippen LogP contribution < -0.4 is 10.6 Å². The van der Waals surface area contributed by atoms with E-state index in [-0.39, 0.29) is 11.8 Å². The van der Waals surface area contributed by atoms with Crippen LogP contribution in [0.15, 0.2) is 28.7 Å². The Kier molecular flexibility index (Phi) is 4.49. The second-order valence-corrected chi connectivity index (χ2v) is 4.14. The van der Waals surface area contributed by atoms with Crippen LogP contribution in [-0.4, -0.2) is 24.9 Å². The van der Waals surface area contributed by atoms with Crippen molar-refractivity contribution in [2.45, 2.75) is 13.0 Å². The summed E-state index contributed by atoms with van der Waals surface area (Å²) in [5.41, 5.74) is 0.512. The number of carbonyl (C=O) groups excluding carboxylic acids is 2. The minimum atomic E-state index is -0.551. The summed E-state index contributed by atoms with van der Waals surface area (Å²) < 4.78 is 0.705. The van der Waals surface area contributed by atoms with Gasteiger partial charge in [0.05, 0.1) is 5.56 Å². The minimum Gasteiger partial charge on any atom is -0.357 e. The van der Waals surface area contributed by atoms with E-state index in [0.717, 1.165) is 0 Å². The third kappa shape index (κ3) is 3.06. The smallest absolute Gasteiger partial charge is 0.253 e. The Hall–Kier alpha value is -1.36. The molecule has 16 heavy (non-hydrogen) atoms. The van der Waals surface area contributed by atoms with E-state index in [1.165, 1.54) is 7.05 Å². The lowest BCUT2D eigenvalue weighted by Crippen LogP contribution is -2.43. The molecule has 0 aliphatic carbocycles. The molecule has 0 saturated carbocycles. The molecule has 1 aromatic rings. The molecule has 86 valence electrons. The maximum atomic E-state index is 11.8. The van der Waals surface area contributed by atoms with Gasteiger partial charge in [0.25, 0.3) is 5.91 Å². The van der Waals surface area contributed by atoms with Gasteiger partial charge < -0.3 is 10.6 Å². The van der Waals surface area contributed by atoms with Gasteiger partial charge in [0, 0.05) is 11.5 Å². The van der Waals surface area contributed by atoms with Gasteiger partial charge in [0.15, 0.2) is 0 Å². The van der Waals surface area contributed by atoms with Gasteiger partial charge in [-0.2, -0.15) is 0 Å². The maximum Gasteiger partial charge on any atom is 0.253 e. The number of rotatable bonds is 3. The third-order valence-corrected chi connectivity index (χ3v) is 2.80. The van der Waals surface area contributed by atoms with Crippen molar-refractivity contribution in [2.75, 3.05) is 7.05 Å². The van der Waals surface area contributed by atoms with Crippen LogP contribution >= 0.6 is 15.9 Å². The highest BCUT2D eigenvalue weighted by Gasteiger charge is 2.16. The normalized spacial score (nSPS) is 11.7. The lowest BCUT2D eigenvalue weighted by molar-refractivity contribution is -0.122. The molecule has 2 amide bonds. The molecular weight excluding hydrogens is 272 g/mol. The van der Waals surface area contributed by atoms with E-state index in [1.54, 1.807) is 25.1 Å². The van der Waals surface area contributed by atoms with Crippen molar-refractivity contribution >= 4 is 27.7 Å². The Bertz CT molecular complexity index is 407. The predicted octanol–water partition coefficient (Wildman–Crippen LogP) is 1.31. The van der Waals surface area contributed by atoms with Gasteiger partial charge in [-0.15, -0.1) is 0 Å². The van der Waals surface area contributed by atoms with Crippen molar-refractivity contribution in [3.8, 4) is 0 Å². The molecule has 5 heteroatoms. The zero-order valence-electron chi connectivity index (χ0n) is 9.08. The van der Waals surface area contributed by atoms with Crippen molar-refractivity contribution in [3.63, 3.8) is 0 Å². The van der Waals surface area contributed by atoms with Crippen LogP contribution in [0.3, 0.4) is 0 Å². The third-order valence-electron chi connectivity index (χ3n) is 2.11. The topological polar surface area (TPSA) is 58.2 Å². The van der Waals surface area contributed by atoms with Crippen LogP contribution in [0.2, 0.25) is 0 Å². The summed E-state index contributed by atoms with van der Waals surface area (Å²) in [6, 6.07) is 6.51. The first kappa shape index (κ1) is 12.7. The number of nitrogens with one attached hydrogen (secondary N) is 2. The SMILES string of the molecule is CNC(=O)C(C)NC(=O)c1ccccc1Br. The monoisotopic (exact) mass is 284 g/mol. The highest BCUT2D eigenvalue weighted by atomic mass is 79.9. The first-order valence-corrected chi connectivity index (χ1v) is 5.62. The number of likely N-dealkylation sites (N-methyl/N-ethyl adjacent to an activating group) is 1. The lowest BCUT2D eigenvalue weighted by Gasteiger charge is -2.12. The Balaban J connectivity index is 2.73. The largest absolute Gasteiger partial charge is 0.357 e. The van der Waals surface area contributed by atoms with Gasteiger partial charge >= 0.3 is 0 Å². The summed E-state index contributed by atoms with van der Waals surface area (Å²) in [6.07, 6.45) is 0. The van der Waals surface area contributed by atoms with Gasteiger partial charge in [-0.1, -0.05) is 12.1 Å². The molecule has 0 heterocycles. The van der Waals surface area contributed by atoms with E-state index < -0.39 is 6.04 Å². The first-order valence-electron chi connectivity index (χ1n) is 4.83. The lowest BCUT2D eigenvalue weighted by atomic mass is 10.2. The summed E-state index contributed by atoms with van der Waals surface area (Å²) >= 11 is 3.28. The standard InChI is InChI=1S/C11H13BrN2O2/c1-7(10(15)13-2)14-11(16)8-5-3-4-6-9(8)12/h3-7H,1-2H3,(H,13,15)(H,14,16). The van der Waals surface area contributed by atoms with E-state index in [0.29, 0.717) is 10.0 Å². The zero-order chi connectivity index (χ0) is 12.1. The fraction of sp³-hybridized carbons (Fsp3) is 0.273. The average molecular weight is 285 g/mol. The second-order valence-electron chi connectivity index (χ2n) is 3.29. The molecule has 1 rings (SSSR count). The van der Waals surface area contributed by atoms with Crippen molar-refractivity contribution in [2.24, 2.45) is 0 Å². The molecule has 1 aromatic carbocycles. The molecule has 0 bridgehead atoms. The van der Waals surface area contributed by atoms with Crippen molar-refractivity contribution in [1.29, 1.82) is 0 Å². The molecule has 0 radical (unpaired) electrons. The highest BCUT2D eigenvalue weighted by Crippen LogP contribution is 2.15. The second kappa shape index (κ2) is 5.65. The fourth-order valence-corrected chi connectivity index (χ4v) is 1.67. The molecule has 0 aliphatic heterocycles. The van der Waals surface area contributed by atoms with Crippen molar-refractivity contribution in [1.82, 2.24) is 10.6 Å². The Morgan fingerprint density at radius 3 is 2.50 bits per heavy atom. The Morgan fingerprint density at radius 2 is 1.94 bits per heavy atom. The predicted molar refractivity (Wildman–Crippen MR) is 65.1 cm³/mol. The fourth-order valence-electron chi connectivity index (χ4n) is 1.20. The number of halogens is 1. The molecule has 0 aliphatic rings. The number of hydrogen-bond acceptors (Lipinski definition) is 2. The summed E-state index contributed by atoms with van der Waals surface area (Å²) in [6.45, 7) is 1.63. The summed E-state index contributed by atoms with van der Waals surface area (Å²) in [7, 11) is 1.53. The van der Waals surface area contributed by atoms with Crippen LogP contribution in [-0.2, 0) is 4.79 Å². The molecule has 0 spiro atoms. The minimum absolute atomic E-state index is 0.222. The summed E-state index contributed by atoms with van der Waals surface area (Å²) in [4.78, 5) is 23.0. The molecular formula is C11H13BrN2O2. The number of carbonyl (C=O) groups is 2. The molecule has 1 atom stereocenters. The van der Waals surface area contributed by atoms with Crippen LogP contribution in [0, 0.1) is 0 Å². The quantitative estimate of drug-likeness (QED) is 0.879. The van der Waals surface area contributed by atoms with Crippen molar-refractivity contribution < 1.29 is 9.59 Å². The van der Waals surface area contributed by atoms with Crippen molar-refractivity contribution in [3.05, 3.63) is 34.3 Å². The van der Waals surface area contributed by atoms with Gasteiger partial charge in [0.1, 0.15) is 6.04 Å². The van der Waals surface area contributed by atoms with E-state index in [1.807, 2.05) is 6.07 Å². The molecule has 1 unspecified atom stereocenters. The maximum absolute atomic E-state index is 11.8. The van der Waals surface area contributed by atoms with Gasteiger partial charge in [-0.3, -0.25) is 9.59 Å². The van der Waals surface area contributed by atoms with Crippen LogP contribution in [0.4, 0.5) is 0 Å². The summed E-state index contributed by atoms with van der Waals surface area (Å²) in [5.74, 6) is -0.496. The van der Waals surface area contributed by atoms with Crippen LogP contribution in [0.1, 0.15) is 17.3 Å². The number of benzene rings is 1. The first-order chi connectivity index (χ1) is 7.56. The average Bonchev–Trinajstić information content (AvgIpc) is 2.28. The Morgan fingerprint density at radius 1 is 1.31 bits per heavy atom. The molecule has 0 saturated heterocycles. The number of hydrogen-bond donors (Lipinski definition) is 2. The molecule has 2 N–H and O–H groups in total. The van der Waals surface area contributed by atoms with Crippen LogP contribution in [0.5, 0.6) is 0 Å². The van der Waals surface area contributed by atoms with E-state index in [2.05, 4.69) is 26.6 Å². The van der Waals surface area contributed by atoms with Gasteiger partial charge in [-0.25, -0.2) is 0 Å². The number of amides is 2. The van der Waals surface area contributed by atoms with E-state index in [9.17, 15) is 9.59 Å². The molecule has 4 nitrogen and oxygen atoms in total. The van der Waals surface area contributed by atoms with E-state index in [4.69, 9.17) is 0 Å². The summed E-state index contributed by atoms with van der Waals surface area (Å²) in [5, 5.41) is 5.08. The molecule has 0 fully saturated rings. The van der Waals surface area contributed by atoms with Gasteiger partial charge in [-0.05, 0) is 35.0 Å².